The van der Waals surface area contributed by atoms with Crippen LogP contribution in [0.1, 0.15) is 24.4 Å². The first-order chi connectivity index (χ1) is 16.8. The normalized spacial score (nSPS) is 13.4. The Balaban J connectivity index is 1.69. The molecule has 4 heterocycles. The van der Waals surface area contributed by atoms with Gasteiger partial charge in [0.2, 0.25) is 21.9 Å². The molecule has 13 nitrogen and oxygen atoms in total. The molecule has 4 rings (SSSR count). The van der Waals surface area contributed by atoms with Gasteiger partial charge in [0.25, 0.3) is 0 Å². The Kier molecular flexibility index (Phi) is 7.23. The molecule has 15 heteroatoms. The van der Waals surface area contributed by atoms with E-state index in [0.29, 0.717) is 28.0 Å². The van der Waals surface area contributed by atoms with E-state index in [1.807, 2.05) is 0 Å². The maximum atomic E-state index is 13.3. The van der Waals surface area contributed by atoms with Crippen molar-refractivity contribution in [3.8, 4) is 17.4 Å². The quantitative estimate of drug-likeness (QED) is 0.326. The van der Waals surface area contributed by atoms with E-state index in [1.165, 1.54) is 46.0 Å². The summed E-state index contributed by atoms with van der Waals surface area (Å²) in [5, 5.41) is 11.1. The van der Waals surface area contributed by atoms with Crippen molar-refractivity contribution in [1.29, 1.82) is 0 Å². The molecule has 0 bridgehead atoms. The summed E-state index contributed by atoms with van der Waals surface area (Å²) in [5.41, 5.74) is 1.09. The van der Waals surface area contributed by atoms with Crippen molar-refractivity contribution in [3.63, 3.8) is 0 Å². The van der Waals surface area contributed by atoms with Gasteiger partial charge in [0.15, 0.2) is 11.6 Å². The number of ether oxygens (including phenoxy) is 2. The lowest BCUT2D eigenvalue weighted by atomic mass is 10.2. The van der Waals surface area contributed by atoms with E-state index in [4.69, 9.17) is 25.6 Å². The largest absolute Gasteiger partial charge is 0.481 e. The highest BCUT2D eigenvalue weighted by Crippen LogP contribution is 2.27. The molecule has 0 amide bonds. The van der Waals surface area contributed by atoms with Crippen molar-refractivity contribution in [2.45, 2.75) is 24.8 Å². The number of nitrogens with zero attached hydrogens (tertiary/aromatic N) is 7. The Hall–Kier alpha value is -3.62. The fraction of sp³-hybridized carbons (Fsp3) is 0.300. The molecule has 0 aliphatic carbocycles. The molecular weight excluding hydrogens is 500 g/mol. The number of sulfonamides is 1. The number of pyridine rings is 1. The standard InChI is InChI=1S/C20H21ClN8O5S/c1-12(17(33-3)18-22-8-14(21)9-23-18)35(30,31)28-20-27-26-19(15-5-4-6-16(25-15)32-2)29(20)10-13-7-24-34-11-13/h4-9,11-12,17H,10H2,1-3H3,(H,27,28). The number of hydrogen-bond acceptors (Lipinski definition) is 11. The number of nitrogens with one attached hydrogen (secondary N) is 1. The Morgan fingerprint density at radius 3 is 2.60 bits per heavy atom. The molecule has 2 atom stereocenters. The van der Waals surface area contributed by atoms with E-state index in [9.17, 15) is 8.42 Å². The lowest BCUT2D eigenvalue weighted by Crippen LogP contribution is -2.33. The van der Waals surface area contributed by atoms with Gasteiger partial charge in [-0.25, -0.2) is 23.4 Å². The highest BCUT2D eigenvalue weighted by molar-refractivity contribution is 7.93. The Labute approximate surface area is 205 Å². The molecule has 0 aromatic carbocycles. The van der Waals surface area contributed by atoms with Crippen LogP contribution in [0.15, 0.2) is 47.6 Å². The van der Waals surface area contributed by atoms with Crippen molar-refractivity contribution in [1.82, 2.24) is 34.9 Å². The van der Waals surface area contributed by atoms with Gasteiger partial charge in [-0.3, -0.25) is 9.29 Å². The average Bonchev–Trinajstić information content (AvgIpc) is 3.51. The summed E-state index contributed by atoms with van der Waals surface area (Å²) in [5.74, 6) is 0.801. The van der Waals surface area contributed by atoms with E-state index < -0.39 is 21.4 Å². The van der Waals surface area contributed by atoms with Crippen LogP contribution < -0.4 is 9.46 Å². The summed E-state index contributed by atoms with van der Waals surface area (Å²) in [6.45, 7) is 1.63. The van der Waals surface area contributed by atoms with Gasteiger partial charge in [-0.1, -0.05) is 22.8 Å². The van der Waals surface area contributed by atoms with Gasteiger partial charge in [0, 0.05) is 31.1 Å². The Bertz CT molecular complexity index is 1380. The summed E-state index contributed by atoms with van der Waals surface area (Å²) in [7, 11) is -1.20. The third kappa shape index (κ3) is 5.39. The lowest BCUT2D eigenvalue weighted by Gasteiger charge is -2.22. The fourth-order valence-corrected chi connectivity index (χ4v) is 4.46. The van der Waals surface area contributed by atoms with Gasteiger partial charge in [-0.15, -0.1) is 10.2 Å². The molecule has 0 radical (unpaired) electrons. The van der Waals surface area contributed by atoms with Gasteiger partial charge in [0.05, 0.1) is 24.9 Å². The van der Waals surface area contributed by atoms with Gasteiger partial charge >= 0.3 is 0 Å². The lowest BCUT2D eigenvalue weighted by molar-refractivity contribution is 0.0950. The maximum Gasteiger partial charge on any atom is 0.240 e. The minimum Gasteiger partial charge on any atom is -0.481 e. The zero-order valence-electron chi connectivity index (χ0n) is 18.9. The van der Waals surface area contributed by atoms with Crippen molar-refractivity contribution in [3.05, 3.63) is 59.5 Å². The zero-order chi connectivity index (χ0) is 25.0. The van der Waals surface area contributed by atoms with E-state index in [2.05, 4.69) is 35.0 Å². The van der Waals surface area contributed by atoms with Gasteiger partial charge in [0.1, 0.15) is 23.3 Å². The third-order valence-electron chi connectivity index (χ3n) is 5.03. The van der Waals surface area contributed by atoms with E-state index >= 15 is 0 Å². The number of rotatable bonds is 10. The first-order valence-electron chi connectivity index (χ1n) is 10.2. The third-order valence-corrected chi connectivity index (χ3v) is 6.92. The summed E-state index contributed by atoms with van der Waals surface area (Å²) >= 11 is 5.85. The van der Waals surface area contributed by atoms with E-state index in [0.717, 1.165) is 0 Å². The molecule has 4 aromatic heterocycles. The fourth-order valence-electron chi connectivity index (χ4n) is 3.22. The zero-order valence-corrected chi connectivity index (χ0v) is 20.4. The topological polar surface area (TPSA) is 160 Å². The number of anilines is 1. The molecule has 0 aliphatic heterocycles. The van der Waals surface area contributed by atoms with E-state index in [-0.39, 0.29) is 18.3 Å². The SMILES string of the molecule is COc1cccc(-c2nnc(NS(=O)(=O)C(C)C(OC)c3ncc(Cl)cn3)n2Cc2cnoc2)n1. The molecule has 0 fully saturated rings. The van der Waals surface area contributed by atoms with Crippen LogP contribution in [0.3, 0.4) is 0 Å². The van der Waals surface area contributed by atoms with Crippen molar-refractivity contribution >= 4 is 27.6 Å². The van der Waals surface area contributed by atoms with Crippen molar-refractivity contribution < 1.29 is 22.4 Å². The second-order valence-corrected chi connectivity index (χ2v) is 9.77. The summed E-state index contributed by atoms with van der Waals surface area (Å²) in [6, 6.07) is 5.12. The van der Waals surface area contributed by atoms with Gasteiger partial charge in [-0.2, -0.15) is 0 Å². The molecule has 35 heavy (non-hydrogen) atoms. The smallest absolute Gasteiger partial charge is 0.240 e. The second-order valence-electron chi connectivity index (χ2n) is 7.30. The van der Waals surface area contributed by atoms with Crippen LogP contribution in [0.2, 0.25) is 5.02 Å². The molecule has 2 unspecified atom stereocenters. The van der Waals surface area contributed by atoms with Crippen LogP contribution in [-0.4, -0.2) is 62.8 Å². The predicted octanol–water partition coefficient (Wildman–Crippen LogP) is 2.35. The monoisotopic (exact) mass is 520 g/mol. The van der Waals surface area contributed by atoms with Gasteiger partial charge in [-0.05, 0) is 13.0 Å². The molecule has 1 N–H and O–H groups in total. The number of hydrogen-bond donors (Lipinski definition) is 1. The number of halogens is 1. The molecule has 0 spiro atoms. The van der Waals surface area contributed by atoms with Gasteiger partial charge < -0.3 is 14.0 Å². The van der Waals surface area contributed by atoms with Crippen molar-refractivity contribution in [2.75, 3.05) is 18.9 Å². The first kappa shape index (κ1) is 24.5. The van der Waals surface area contributed by atoms with Crippen molar-refractivity contribution in [2.24, 2.45) is 0 Å². The number of aromatic nitrogens is 7. The van der Waals surface area contributed by atoms with Crippen LogP contribution in [0.5, 0.6) is 5.88 Å². The minimum atomic E-state index is -4.06. The molecule has 184 valence electrons. The van der Waals surface area contributed by atoms with Crippen LogP contribution >= 0.6 is 11.6 Å². The summed E-state index contributed by atoms with van der Waals surface area (Å²) < 4.78 is 46.2. The highest BCUT2D eigenvalue weighted by Gasteiger charge is 2.34. The molecule has 0 saturated carbocycles. The maximum absolute atomic E-state index is 13.3. The van der Waals surface area contributed by atoms with Crippen LogP contribution in [0.4, 0.5) is 5.95 Å². The summed E-state index contributed by atoms with van der Waals surface area (Å²) in [6.07, 6.45) is 4.70. The summed E-state index contributed by atoms with van der Waals surface area (Å²) in [4.78, 5) is 12.6. The number of methoxy groups -OCH3 is 2. The average molecular weight is 521 g/mol. The molecule has 0 aliphatic rings. The Morgan fingerprint density at radius 1 is 1.17 bits per heavy atom. The van der Waals surface area contributed by atoms with E-state index in [1.54, 1.807) is 22.8 Å². The Morgan fingerprint density at radius 2 is 1.94 bits per heavy atom. The highest BCUT2D eigenvalue weighted by atomic mass is 35.5. The minimum absolute atomic E-state index is 0.0375. The molecule has 4 aromatic rings. The van der Waals surface area contributed by atoms with Crippen LogP contribution in [0.25, 0.3) is 11.5 Å². The first-order valence-corrected chi connectivity index (χ1v) is 12.1. The molecule has 0 saturated heterocycles. The van der Waals surface area contributed by atoms with Crippen LogP contribution in [-0.2, 0) is 21.3 Å². The van der Waals surface area contributed by atoms with Crippen LogP contribution in [0, 0.1) is 0 Å². The predicted molar refractivity (Wildman–Crippen MR) is 124 cm³/mol. The second kappa shape index (κ2) is 10.3. The molecular formula is C20H21ClN8O5S.